The molecule has 148 valence electrons. The van der Waals surface area contributed by atoms with E-state index in [4.69, 9.17) is 14.5 Å². The number of anilines is 3. The lowest BCUT2D eigenvalue weighted by Gasteiger charge is -2.31. The molecule has 2 N–H and O–H groups in total. The van der Waals surface area contributed by atoms with Gasteiger partial charge >= 0.3 is 0 Å². The highest BCUT2D eigenvalue weighted by molar-refractivity contribution is 5.74. The number of rotatable bonds is 2. The van der Waals surface area contributed by atoms with Crippen molar-refractivity contribution >= 4 is 17.2 Å². The highest BCUT2D eigenvalue weighted by atomic mass is 16.5. The number of nitrogens with zero attached hydrogens (tertiary/aromatic N) is 3. The maximum absolute atomic E-state index is 6.42. The quantitative estimate of drug-likeness (QED) is 0.829. The molecule has 7 nitrogen and oxygen atoms in total. The highest BCUT2D eigenvalue weighted by Gasteiger charge is 2.29. The fourth-order valence-electron chi connectivity index (χ4n) is 4.45. The Kier molecular flexibility index (Phi) is 4.56. The maximum Gasteiger partial charge on any atom is 0.164 e. The first-order valence-electron chi connectivity index (χ1n) is 10.2. The van der Waals surface area contributed by atoms with Gasteiger partial charge in [-0.05, 0) is 38.9 Å². The predicted octanol–water partition coefficient (Wildman–Crippen LogP) is 2.90. The molecule has 3 aliphatic rings. The molecule has 0 amide bonds. The van der Waals surface area contributed by atoms with Gasteiger partial charge in [0.25, 0.3) is 0 Å². The van der Waals surface area contributed by atoms with Gasteiger partial charge in [-0.15, -0.1) is 0 Å². The summed E-state index contributed by atoms with van der Waals surface area (Å²) in [4.78, 5) is 11.9. The van der Waals surface area contributed by atoms with Crippen LogP contribution in [0.3, 0.4) is 0 Å². The topological polar surface area (TPSA) is 71.5 Å². The third-order valence-electron chi connectivity index (χ3n) is 5.91. The van der Waals surface area contributed by atoms with Crippen LogP contribution in [-0.2, 0) is 4.74 Å². The van der Waals surface area contributed by atoms with Crippen molar-refractivity contribution in [3.05, 3.63) is 35.3 Å². The monoisotopic (exact) mass is 381 g/mol. The van der Waals surface area contributed by atoms with Crippen molar-refractivity contribution in [3.8, 4) is 5.75 Å². The zero-order valence-electron chi connectivity index (χ0n) is 16.5. The molecule has 5 heterocycles. The second kappa shape index (κ2) is 7.22. The fourth-order valence-corrected chi connectivity index (χ4v) is 4.45. The van der Waals surface area contributed by atoms with Crippen molar-refractivity contribution in [2.24, 2.45) is 0 Å². The van der Waals surface area contributed by atoms with Crippen LogP contribution in [0.25, 0.3) is 0 Å². The smallest absolute Gasteiger partial charge is 0.164 e. The number of nitrogens with one attached hydrogen (secondary N) is 2. The number of hydrogen-bond donors (Lipinski definition) is 2. The maximum atomic E-state index is 6.42. The number of hydrogen-bond acceptors (Lipinski definition) is 7. The van der Waals surface area contributed by atoms with E-state index < -0.39 is 0 Å². The van der Waals surface area contributed by atoms with Crippen LogP contribution in [0.5, 0.6) is 5.75 Å². The van der Waals surface area contributed by atoms with Crippen molar-refractivity contribution in [3.63, 3.8) is 0 Å². The molecule has 2 aromatic heterocycles. The Bertz CT molecular complexity index is 875. The molecule has 2 aromatic rings. The Labute approximate surface area is 165 Å². The average Bonchev–Trinajstić information content (AvgIpc) is 3.21. The van der Waals surface area contributed by atoms with Gasteiger partial charge in [0.05, 0.1) is 30.2 Å². The van der Waals surface area contributed by atoms with Crippen LogP contribution in [-0.4, -0.2) is 49.4 Å². The zero-order chi connectivity index (χ0) is 19.1. The SMILES string of the molecule is Cc1nc(C2CCNC2)cc2c1OC(C)c1c(N3CCOCC3)ccnc1N2. The lowest BCUT2D eigenvalue weighted by atomic mass is 10.0. The summed E-state index contributed by atoms with van der Waals surface area (Å²) >= 11 is 0. The normalized spacial score (nSPS) is 24.0. The minimum atomic E-state index is -0.116. The van der Waals surface area contributed by atoms with E-state index in [1.165, 1.54) is 5.69 Å². The Morgan fingerprint density at radius 3 is 2.89 bits per heavy atom. The molecule has 5 rings (SSSR count). The third kappa shape index (κ3) is 3.08. The minimum absolute atomic E-state index is 0.116. The largest absolute Gasteiger partial charge is 0.482 e. The summed E-state index contributed by atoms with van der Waals surface area (Å²) < 4.78 is 12.0. The van der Waals surface area contributed by atoms with Gasteiger partial charge in [-0.1, -0.05) is 0 Å². The molecule has 0 radical (unpaired) electrons. The minimum Gasteiger partial charge on any atom is -0.482 e. The molecule has 28 heavy (non-hydrogen) atoms. The molecular formula is C21H27N5O2. The van der Waals surface area contributed by atoms with Crippen molar-refractivity contribution in [1.82, 2.24) is 15.3 Å². The van der Waals surface area contributed by atoms with Crippen LogP contribution in [0, 0.1) is 6.92 Å². The standard InChI is InChI=1S/C21H27N5O2/c1-13-20-17(11-16(24-13)15-3-5-22-12-15)25-21-19(14(2)28-20)18(4-6-23-21)26-7-9-27-10-8-26/h4,6,11,14-15,22H,3,5,7-10,12H2,1-2H3,(H,23,25). The number of ether oxygens (including phenoxy) is 2. The molecule has 0 aliphatic carbocycles. The van der Waals surface area contributed by atoms with Crippen molar-refractivity contribution < 1.29 is 9.47 Å². The number of fused-ring (bicyclic) bond motifs is 2. The molecule has 3 aliphatic heterocycles. The Morgan fingerprint density at radius 2 is 2.11 bits per heavy atom. The van der Waals surface area contributed by atoms with E-state index >= 15 is 0 Å². The summed E-state index contributed by atoms with van der Waals surface area (Å²) in [5.74, 6) is 2.16. The van der Waals surface area contributed by atoms with Crippen LogP contribution in [0.2, 0.25) is 0 Å². The van der Waals surface area contributed by atoms with E-state index in [1.807, 2.05) is 13.1 Å². The van der Waals surface area contributed by atoms with Gasteiger partial charge in [0.2, 0.25) is 0 Å². The zero-order valence-corrected chi connectivity index (χ0v) is 16.5. The van der Waals surface area contributed by atoms with Gasteiger partial charge in [-0.25, -0.2) is 4.98 Å². The van der Waals surface area contributed by atoms with Crippen LogP contribution < -0.4 is 20.3 Å². The third-order valence-corrected chi connectivity index (χ3v) is 5.91. The Balaban J connectivity index is 1.55. The molecule has 2 atom stereocenters. The van der Waals surface area contributed by atoms with E-state index in [0.717, 1.165) is 80.0 Å². The Hall–Kier alpha value is -2.38. The van der Waals surface area contributed by atoms with E-state index in [0.29, 0.717) is 5.92 Å². The molecule has 2 unspecified atom stereocenters. The number of aromatic nitrogens is 2. The molecule has 2 fully saturated rings. The van der Waals surface area contributed by atoms with Gasteiger partial charge in [0.15, 0.2) is 5.75 Å². The van der Waals surface area contributed by atoms with Crippen LogP contribution in [0.4, 0.5) is 17.2 Å². The van der Waals surface area contributed by atoms with Crippen LogP contribution >= 0.6 is 0 Å². The molecule has 2 saturated heterocycles. The number of morpholine rings is 1. The summed E-state index contributed by atoms with van der Waals surface area (Å²) in [7, 11) is 0. The van der Waals surface area contributed by atoms with Crippen molar-refractivity contribution in [1.29, 1.82) is 0 Å². The molecule has 0 saturated carbocycles. The van der Waals surface area contributed by atoms with E-state index in [9.17, 15) is 0 Å². The van der Waals surface area contributed by atoms with Crippen molar-refractivity contribution in [2.75, 3.05) is 49.6 Å². The van der Waals surface area contributed by atoms with Gasteiger partial charge in [0.1, 0.15) is 11.9 Å². The lowest BCUT2D eigenvalue weighted by molar-refractivity contribution is 0.122. The molecule has 7 heteroatoms. The van der Waals surface area contributed by atoms with Gasteiger partial charge < -0.3 is 25.0 Å². The number of pyridine rings is 2. The van der Waals surface area contributed by atoms with Crippen LogP contribution in [0.15, 0.2) is 18.3 Å². The molecule has 0 spiro atoms. The lowest BCUT2D eigenvalue weighted by Crippen LogP contribution is -2.37. The first-order chi connectivity index (χ1) is 13.7. The second-order valence-corrected chi connectivity index (χ2v) is 7.78. The predicted molar refractivity (Wildman–Crippen MR) is 109 cm³/mol. The van der Waals surface area contributed by atoms with Gasteiger partial charge in [0, 0.05) is 43.1 Å². The molecular weight excluding hydrogens is 354 g/mol. The highest BCUT2D eigenvalue weighted by Crippen LogP contribution is 2.44. The first kappa shape index (κ1) is 17.7. The fraction of sp³-hybridized carbons (Fsp3) is 0.524. The van der Waals surface area contributed by atoms with Crippen molar-refractivity contribution in [2.45, 2.75) is 32.3 Å². The summed E-state index contributed by atoms with van der Waals surface area (Å²) in [6.07, 6.45) is 2.89. The summed E-state index contributed by atoms with van der Waals surface area (Å²) in [6, 6.07) is 4.23. The Morgan fingerprint density at radius 1 is 1.25 bits per heavy atom. The first-order valence-corrected chi connectivity index (χ1v) is 10.2. The molecule has 0 bridgehead atoms. The average molecular weight is 381 g/mol. The van der Waals surface area contributed by atoms with E-state index in [1.54, 1.807) is 0 Å². The summed E-state index contributed by atoms with van der Waals surface area (Å²) in [5.41, 5.74) is 5.29. The second-order valence-electron chi connectivity index (χ2n) is 7.78. The number of aryl methyl sites for hydroxylation is 1. The summed E-state index contributed by atoms with van der Waals surface area (Å²) in [5, 5.41) is 6.99. The van der Waals surface area contributed by atoms with Gasteiger partial charge in [-0.3, -0.25) is 4.98 Å². The molecule has 0 aromatic carbocycles. The van der Waals surface area contributed by atoms with E-state index in [2.05, 4.69) is 39.6 Å². The van der Waals surface area contributed by atoms with E-state index in [-0.39, 0.29) is 6.10 Å². The summed E-state index contributed by atoms with van der Waals surface area (Å²) in [6.45, 7) is 9.44. The van der Waals surface area contributed by atoms with Gasteiger partial charge in [-0.2, -0.15) is 0 Å². The van der Waals surface area contributed by atoms with Crippen LogP contribution in [0.1, 0.15) is 42.3 Å².